The summed E-state index contributed by atoms with van der Waals surface area (Å²) in [4.78, 5) is 24.1. The number of aliphatic hydroxyl groups excluding tert-OH is 1. The van der Waals surface area contributed by atoms with E-state index in [0.717, 1.165) is 0 Å². The van der Waals surface area contributed by atoms with Crippen molar-refractivity contribution in [1.29, 1.82) is 0 Å². The molecule has 0 aromatic rings. The van der Waals surface area contributed by atoms with E-state index in [1.54, 1.807) is 13.8 Å². The Bertz CT molecular complexity index is 700. The van der Waals surface area contributed by atoms with Gasteiger partial charge < -0.3 is 29.5 Å². The summed E-state index contributed by atoms with van der Waals surface area (Å²) in [6.45, 7) is 12.2. The third-order valence-corrected chi connectivity index (χ3v) is 7.17. The van der Waals surface area contributed by atoms with Crippen molar-refractivity contribution in [3.05, 3.63) is 12.2 Å². The van der Waals surface area contributed by atoms with Crippen molar-refractivity contribution in [2.24, 2.45) is 5.92 Å². The van der Waals surface area contributed by atoms with Crippen LogP contribution in [-0.2, 0) is 23.8 Å². The monoisotopic (exact) mass is 456 g/mol. The van der Waals surface area contributed by atoms with E-state index < -0.39 is 53.0 Å². The van der Waals surface area contributed by atoms with Crippen LogP contribution in [0.1, 0.15) is 79.6 Å². The van der Waals surface area contributed by atoms with Crippen LogP contribution in [0.4, 0.5) is 0 Å². The molecule has 3 N–H and O–H groups in total. The first-order valence-electron chi connectivity index (χ1n) is 11.6. The van der Waals surface area contributed by atoms with Gasteiger partial charge in [-0.15, -0.1) is 0 Å². The fraction of sp³-hybridized carbons (Fsp3) is 0.833. The fourth-order valence-corrected chi connectivity index (χ4v) is 4.79. The molecule has 2 saturated heterocycles. The standard InChI is InChI=1S/C24H40O8/c1-7-30-21(27)15(2)17-8-11-23(5,29)19-10-13-24(6,32-19)20(31-16(3)25)9-12-22(4,28)18(26)14-17/h17-20,26,28-29H,2,7-14H2,1,3-6H3/t17-,18-,19-,20+,22+,23-,24-/m1/s1. The van der Waals surface area contributed by atoms with Gasteiger partial charge in [0.2, 0.25) is 0 Å². The molecule has 8 heteroatoms. The first-order chi connectivity index (χ1) is 14.7. The van der Waals surface area contributed by atoms with Crippen LogP contribution in [-0.4, -0.2) is 69.0 Å². The normalized spacial score (nSPS) is 41.0. The second-order valence-electron chi connectivity index (χ2n) is 10.0. The van der Waals surface area contributed by atoms with E-state index in [1.807, 2.05) is 6.92 Å². The van der Waals surface area contributed by atoms with Crippen molar-refractivity contribution in [3.8, 4) is 0 Å². The molecule has 8 nitrogen and oxygen atoms in total. The Hall–Kier alpha value is -1.48. The number of hydrogen-bond acceptors (Lipinski definition) is 8. The first kappa shape index (κ1) is 26.8. The maximum absolute atomic E-state index is 12.3. The minimum absolute atomic E-state index is 0.0851. The van der Waals surface area contributed by atoms with Crippen molar-refractivity contribution in [2.75, 3.05) is 6.61 Å². The number of esters is 2. The Morgan fingerprint density at radius 2 is 1.69 bits per heavy atom. The zero-order valence-corrected chi connectivity index (χ0v) is 20.1. The lowest BCUT2D eigenvalue weighted by atomic mass is 9.78. The highest BCUT2D eigenvalue weighted by molar-refractivity contribution is 5.88. The molecule has 0 aromatic carbocycles. The maximum Gasteiger partial charge on any atom is 0.333 e. The van der Waals surface area contributed by atoms with Crippen LogP contribution in [0.25, 0.3) is 0 Å². The average Bonchev–Trinajstić information content (AvgIpc) is 3.11. The molecule has 2 aliphatic rings. The van der Waals surface area contributed by atoms with Gasteiger partial charge >= 0.3 is 11.9 Å². The van der Waals surface area contributed by atoms with Gasteiger partial charge in [-0.3, -0.25) is 4.79 Å². The maximum atomic E-state index is 12.3. The van der Waals surface area contributed by atoms with Crippen LogP contribution in [0.5, 0.6) is 0 Å². The van der Waals surface area contributed by atoms with E-state index in [0.29, 0.717) is 25.7 Å². The minimum atomic E-state index is -1.49. The lowest BCUT2D eigenvalue weighted by Gasteiger charge is -2.37. The largest absolute Gasteiger partial charge is 0.463 e. The van der Waals surface area contributed by atoms with Crippen LogP contribution in [0.3, 0.4) is 0 Å². The van der Waals surface area contributed by atoms with Crippen LogP contribution in [0.2, 0.25) is 0 Å². The molecule has 2 fully saturated rings. The molecule has 0 saturated carbocycles. The summed E-state index contributed by atoms with van der Waals surface area (Å²) in [5, 5.41) is 33.1. The van der Waals surface area contributed by atoms with Gasteiger partial charge in [0.05, 0.1) is 30.0 Å². The molecule has 0 unspecified atom stereocenters. The van der Waals surface area contributed by atoms with Crippen LogP contribution in [0.15, 0.2) is 12.2 Å². The van der Waals surface area contributed by atoms with Crippen LogP contribution < -0.4 is 0 Å². The number of fused-ring (bicyclic) bond motifs is 2. The number of rotatable bonds is 4. The molecule has 7 atom stereocenters. The predicted octanol–water partition coefficient (Wildman–Crippen LogP) is 2.42. The highest BCUT2D eigenvalue weighted by atomic mass is 16.6. The molecular formula is C24H40O8. The highest BCUT2D eigenvalue weighted by Gasteiger charge is 2.50. The third-order valence-electron chi connectivity index (χ3n) is 7.17. The van der Waals surface area contributed by atoms with Gasteiger partial charge in [0.15, 0.2) is 0 Å². The van der Waals surface area contributed by atoms with Gasteiger partial charge in [-0.25, -0.2) is 4.79 Å². The van der Waals surface area contributed by atoms with Crippen molar-refractivity contribution in [1.82, 2.24) is 0 Å². The van der Waals surface area contributed by atoms with E-state index in [-0.39, 0.29) is 31.4 Å². The molecule has 32 heavy (non-hydrogen) atoms. The van der Waals surface area contributed by atoms with Gasteiger partial charge in [0.25, 0.3) is 0 Å². The van der Waals surface area contributed by atoms with Gasteiger partial charge in [0, 0.05) is 12.5 Å². The SMILES string of the molecule is C=C(C(=O)OCC)[C@@H]1CC[C@@](C)(O)[C@H]2CC[C@@](C)(O2)[C@@H](OC(C)=O)CC[C@](C)(O)[C@H](O)C1. The van der Waals surface area contributed by atoms with Gasteiger partial charge in [-0.1, -0.05) is 6.58 Å². The molecule has 0 aliphatic carbocycles. The Balaban J connectivity index is 2.37. The summed E-state index contributed by atoms with van der Waals surface area (Å²) in [5.74, 6) is -1.49. The molecule has 0 aromatic heterocycles. The minimum Gasteiger partial charge on any atom is -0.463 e. The number of ether oxygens (including phenoxy) is 3. The fourth-order valence-electron chi connectivity index (χ4n) is 4.79. The second-order valence-corrected chi connectivity index (χ2v) is 10.0. The Labute approximate surface area is 190 Å². The second kappa shape index (κ2) is 10.2. The third kappa shape index (κ3) is 6.31. The number of aliphatic hydroxyl groups is 3. The van der Waals surface area contributed by atoms with Crippen molar-refractivity contribution in [2.45, 2.75) is 115 Å². The summed E-state index contributed by atoms with van der Waals surface area (Å²) >= 11 is 0. The molecule has 0 amide bonds. The van der Waals surface area contributed by atoms with E-state index in [2.05, 4.69) is 6.58 Å². The smallest absolute Gasteiger partial charge is 0.333 e. The average molecular weight is 457 g/mol. The van der Waals surface area contributed by atoms with E-state index in [9.17, 15) is 24.9 Å². The van der Waals surface area contributed by atoms with E-state index >= 15 is 0 Å². The zero-order chi connectivity index (χ0) is 24.3. The van der Waals surface area contributed by atoms with Gasteiger partial charge in [-0.2, -0.15) is 0 Å². The topological polar surface area (TPSA) is 123 Å². The molecular weight excluding hydrogens is 416 g/mol. The van der Waals surface area contributed by atoms with Gasteiger partial charge in [-0.05, 0) is 78.6 Å². The molecule has 2 bridgehead atoms. The summed E-state index contributed by atoms with van der Waals surface area (Å²) in [6, 6.07) is 0. The van der Waals surface area contributed by atoms with Crippen molar-refractivity contribution >= 4 is 11.9 Å². The van der Waals surface area contributed by atoms with Crippen LogP contribution in [0, 0.1) is 5.92 Å². The van der Waals surface area contributed by atoms with E-state index in [4.69, 9.17) is 14.2 Å². The summed E-state index contributed by atoms with van der Waals surface area (Å²) < 4.78 is 16.9. The lowest BCUT2D eigenvalue weighted by molar-refractivity contribution is -0.185. The number of hydrogen-bond donors (Lipinski definition) is 3. The predicted molar refractivity (Wildman–Crippen MR) is 118 cm³/mol. The number of carbonyl (C=O) groups is 2. The molecule has 2 aliphatic heterocycles. The molecule has 0 radical (unpaired) electrons. The quantitative estimate of drug-likeness (QED) is 0.435. The van der Waals surface area contributed by atoms with E-state index in [1.165, 1.54) is 13.8 Å². The Morgan fingerprint density at radius 3 is 2.28 bits per heavy atom. The Morgan fingerprint density at radius 1 is 1.06 bits per heavy atom. The molecule has 2 rings (SSSR count). The van der Waals surface area contributed by atoms with Crippen molar-refractivity contribution in [3.63, 3.8) is 0 Å². The highest BCUT2D eigenvalue weighted by Crippen LogP contribution is 2.43. The van der Waals surface area contributed by atoms with Crippen LogP contribution >= 0.6 is 0 Å². The summed E-state index contributed by atoms with van der Waals surface area (Å²) in [7, 11) is 0. The molecule has 2 heterocycles. The Kier molecular flexibility index (Phi) is 8.53. The summed E-state index contributed by atoms with van der Waals surface area (Å²) in [6.07, 6.45) is 0.0718. The summed E-state index contributed by atoms with van der Waals surface area (Å²) in [5.41, 5.74) is -3.30. The lowest BCUT2D eigenvalue weighted by Crippen LogP contribution is -2.47. The number of carbonyl (C=O) groups excluding carboxylic acids is 2. The molecule has 184 valence electrons. The first-order valence-corrected chi connectivity index (χ1v) is 11.6. The van der Waals surface area contributed by atoms with Crippen molar-refractivity contribution < 1.29 is 39.1 Å². The zero-order valence-electron chi connectivity index (χ0n) is 20.1. The van der Waals surface area contributed by atoms with Gasteiger partial charge in [0.1, 0.15) is 11.7 Å². The molecule has 0 spiro atoms.